The Morgan fingerprint density at radius 1 is 1.17 bits per heavy atom. The molecule has 3 atom stereocenters. The number of epoxide rings is 1. The third kappa shape index (κ3) is 6.62. The monoisotopic (exact) mass is 642 g/mol. The van der Waals surface area contributed by atoms with Gasteiger partial charge in [0.15, 0.2) is 11.0 Å². The number of pyridine rings is 2. The number of aryl methyl sites for hydroxylation is 2. The van der Waals surface area contributed by atoms with Gasteiger partial charge >= 0.3 is 5.97 Å². The maximum atomic E-state index is 13.5. The van der Waals surface area contributed by atoms with Crippen molar-refractivity contribution in [3.8, 4) is 22.8 Å². The lowest BCUT2D eigenvalue weighted by atomic mass is 9.89. The standard InChI is InChI=1S/C36H42N4O7/c1-6-7-8-12-38-31-17-22(11-13-39-31)24-15-21(16-30(37)40-24)9-10-28-36(5,47-28)34(43)45-29-18-23-26(46-35(29,3)4)19-27-32(33(23)42)25(41)14-20(2)44-27/h11,13-17,19,28-29,42H,6-10,12,18H2,1-5H3,(H2,37,40)(H,38,39)/t28-,29-,36-/m1/s1. The molecule has 3 aromatic heterocycles. The quantitative estimate of drug-likeness (QED) is 0.102. The van der Waals surface area contributed by atoms with Crippen molar-refractivity contribution >= 4 is 28.6 Å². The van der Waals surface area contributed by atoms with Crippen molar-refractivity contribution in [2.24, 2.45) is 0 Å². The van der Waals surface area contributed by atoms with Crippen LogP contribution in [0.4, 0.5) is 11.6 Å². The minimum absolute atomic E-state index is 0.0728. The zero-order chi connectivity index (χ0) is 33.5. The van der Waals surface area contributed by atoms with Gasteiger partial charge in [0.25, 0.3) is 0 Å². The lowest BCUT2D eigenvalue weighted by molar-refractivity contribution is -0.167. The summed E-state index contributed by atoms with van der Waals surface area (Å²) in [7, 11) is 0. The molecule has 5 heterocycles. The van der Waals surface area contributed by atoms with Crippen molar-refractivity contribution in [2.75, 3.05) is 17.6 Å². The molecule has 0 aliphatic carbocycles. The van der Waals surface area contributed by atoms with Crippen LogP contribution in [0.15, 0.2) is 51.8 Å². The van der Waals surface area contributed by atoms with E-state index in [2.05, 4.69) is 22.2 Å². The Balaban J connectivity index is 1.11. The van der Waals surface area contributed by atoms with Gasteiger partial charge in [0.2, 0.25) is 0 Å². The number of hydrogen-bond acceptors (Lipinski definition) is 11. The number of esters is 1. The number of unbranched alkanes of at least 4 members (excludes halogenated alkanes) is 2. The number of aromatic nitrogens is 2. The van der Waals surface area contributed by atoms with Gasteiger partial charge in [-0.25, -0.2) is 14.8 Å². The van der Waals surface area contributed by atoms with Gasteiger partial charge in [0.05, 0.1) is 11.8 Å². The highest BCUT2D eigenvalue weighted by Gasteiger charge is 2.60. The van der Waals surface area contributed by atoms with Crippen LogP contribution in [-0.2, 0) is 27.1 Å². The first-order valence-corrected chi connectivity index (χ1v) is 16.2. The van der Waals surface area contributed by atoms with Crippen molar-refractivity contribution in [3.63, 3.8) is 0 Å². The molecule has 2 aliphatic heterocycles. The number of rotatable bonds is 11. The molecular formula is C36H42N4O7. The summed E-state index contributed by atoms with van der Waals surface area (Å²) in [5.41, 5.74) is 7.07. The Bertz CT molecular complexity index is 1890. The van der Waals surface area contributed by atoms with Crippen LogP contribution in [0.3, 0.4) is 0 Å². The van der Waals surface area contributed by atoms with E-state index < -0.39 is 23.3 Å². The summed E-state index contributed by atoms with van der Waals surface area (Å²) >= 11 is 0. The number of nitrogens with one attached hydrogen (secondary N) is 1. The summed E-state index contributed by atoms with van der Waals surface area (Å²) in [5, 5.41) is 14.5. The van der Waals surface area contributed by atoms with Crippen LogP contribution in [0.5, 0.6) is 11.5 Å². The van der Waals surface area contributed by atoms with E-state index in [0.717, 1.165) is 42.0 Å². The molecule has 248 valence electrons. The normalized spacial score (nSPS) is 21.1. The Morgan fingerprint density at radius 3 is 2.77 bits per heavy atom. The molecule has 4 N–H and O–H groups in total. The van der Waals surface area contributed by atoms with E-state index in [4.69, 9.17) is 24.4 Å². The van der Waals surface area contributed by atoms with E-state index >= 15 is 0 Å². The first-order chi connectivity index (χ1) is 22.4. The molecule has 0 amide bonds. The number of ether oxygens (including phenoxy) is 3. The molecular weight excluding hydrogens is 600 g/mol. The fourth-order valence-corrected chi connectivity index (χ4v) is 6.19. The Hall–Kier alpha value is -4.64. The average Bonchev–Trinajstić information content (AvgIpc) is 3.69. The molecule has 1 fully saturated rings. The van der Waals surface area contributed by atoms with Gasteiger partial charge in [-0.05, 0) is 76.8 Å². The molecule has 0 radical (unpaired) electrons. The zero-order valence-corrected chi connectivity index (χ0v) is 27.5. The molecule has 0 unspecified atom stereocenters. The molecule has 4 aromatic rings. The predicted molar refractivity (Wildman–Crippen MR) is 179 cm³/mol. The van der Waals surface area contributed by atoms with Crippen LogP contribution in [0.25, 0.3) is 22.2 Å². The zero-order valence-electron chi connectivity index (χ0n) is 27.5. The molecule has 0 spiro atoms. The Kier molecular flexibility index (Phi) is 8.61. The second kappa shape index (κ2) is 12.5. The number of carbonyl (C=O) groups is 1. The van der Waals surface area contributed by atoms with Crippen LogP contribution in [-0.4, -0.2) is 51.0 Å². The molecule has 0 saturated carbocycles. The van der Waals surface area contributed by atoms with Gasteiger partial charge in [-0.3, -0.25) is 4.79 Å². The molecule has 2 aliphatic rings. The Labute approximate surface area is 273 Å². The summed E-state index contributed by atoms with van der Waals surface area (Å²) in [6.07, 6.45) is 5.43. The molecule has 11 nitrogen and oxygen atoms in total. The molecule has 0 bridgehead atoms. The van der Waals surface area contributed by atoms with E-state index in [1.807, 2.05) is 38.1 Å². The predicted octanol–water partition coefficient (Wildman–Crippen LogP) is 5.86. The third-order valence-electron chi connectivity index (χ3n) is 9.06. The summed E-state index contributed by atoms with van der Waals surface area (Å²) in [5.74, 6) is 1.29. The van der Waals surface area contributed by atoms with E-state index in [1.54, 1.807) is 26.1 Å². The van der Waals surface area contributed by atoms with Crippen LogP contribution in [0, 0.1) is 6.92 Å². The summed E-state index contributed by atoms with van der Waals surface area (Å²) in [6, 6.07) is 10.7. The van der Waals surface area contributed by atoms with Crippen LogP contribution >= 0.6 is 0 Å². The number of aromatic hydroxyl groups is 1. The van der Waals surface area contributed by atoms with E-state index in [1.165, 1.54) is 12.5 Å². The smallest absolute Gasteiger partial charge is 0.341 e. The highest BCUT2D eigenvalue weighted by atomic mass is 16.7. The lowest BCUT2D eigenvalue weighted by Gasteiger charge is -2.39. The van der Waals surface area contributed by atoms with Crippen molar-refractivity contribution in [3.05, 3.63) is 69.7 Å². The number of hydrogen-bond donors (Lipinski definition) is 3. The van der Waals surface area contributed by atoms with Crippen LogP contribution in [0.2, 0.25) is 0 Å². The number of carbonyl (C=O) groups excluding carboxylic acids is 1. The largest absolute Gasteiger partial charge is 0.507 e. The number of phenolic OH excluding ortho intramolecular Hbond substituents is 1. The van der Waals surface area contributed by atoms with Gasteiger partial charge < -0.3 is 34.8 Å². The van der Waals surface area contributed by atoms with Gasteiger partial charge in [0, 0.05) is 42.4 Å². The van der Waals surface area contributed by atoms with E-state index in [0.29, 0.717) is 35.7 Å². The van der Waals surface area contributed by atoms with Crippen LogP contribution < -0.4 is 21.2 Å². The summed E-state index contributed by atoms with van der Waals surface area (Å²) in [6.45, 7) is 10.1. The van der Waals surface area contributed by atoms with Gasteiger partial charge in [0.1, 0.15) is 51.6 Å². The molecule has 11 heteroatoms. The number of benzene rings is 1. The van der Waals surface area contributed by atoms with Gasteiger partial charge in [-0.2, -0.15) is 0 Å². The van der Waals surface area contributed by atoms with Crippen LogP contribution in [0.1, 0.15) is 70.3 Å². The topological polar surface area (TPSA) is 162 Å². The third-order valence-corrected chi connectivity index (χ3v) is 9.06. The number of nitrogens with zero attached hydrogens (tertiary/aromatic N) is 2. The van der Waals surface area contributed by atoms with Crippen molar-refractivity contribution < 1.29 is 28.5 Å². The minimum Gasteiger partial charge on any atom is -0.507 e. The number of nitrogens with two attached hydrogens (primary N) is 1. The first kappa shape index (κ1) is 32.3. The van der Waals surface area contributed by atoms with Crippen molar-refractivity contribution in [2.45, 2.75) is 96.6 Å². The fourth-order valence-electron chi connectivity index (χ4n) is 6.19. The first-order valence-electron chi connectivity index (χ1n) is 16.2. The summed E-state index contributed by atoms with van der Waals surface area (Å²) < 4.78 is 23.8. The van der Waals surface area contributed by atoms with Gasteiger partial charge in [-0.15, -0.1) is 0 Å². The van der Waals surface area contributed by atoms with E-state index in [9.17, 15) is 14.7 Å². The van der Waals surface area contributed by atoms with Gasteiger partial charge in [-0.1, -0.05) is 19.8 Å². The van der Waals surface area contributed by atoms with E-state index in [-0.39, 0.29) is 34.7 Å². The number of fused-ring (bicyclic) bond motifs is 2. The Morgan fingerprint density at radius 2 is 1.98 bits per heavy atom. The maximum Gasteiger partial charge on any atom is 0.341 e. The number of phenols is 1. The second-order valence-electron chi connectivity index (χ2n) is 13.2. The number of anilines is 2. The SMILES string of the molecule is CCCCCNc1cc(-c2cc(CC[C@H]3O[C@@]3(C)C(=O)O[C@@H]3Cc4c(cc5oc(C)cc(=O)c5c4O)OC3(C)C)cc(N)n2)ccn1. The molecule has 47 heavy (non-hydrogen) atoms. The number of nitrogen functional groups attached to an aromatic ring is 1. The summed E-state index contributed by atoms with van der Waals surface area (Å²) in [4.78, 5) is 35.1. The highest BCUT2D eigenvalue weighted by molar-refractivity contribution is 5.87. The van der Waals surface area contributed by atoms with Crippen molar-refractivity contribution in [1.82, 2.24) is 9.97 Å². The molecule has 1 aromatic carbocycles. The highest BCUT2D eigenvalue weighted by Crippen LogP contribution is 2.45. The maximum absolute atomic E-state index is 13.5. The minimum atomic E-state index is -1.12. The second-order valence-corrected chi connectivity index (χ2v) is 13.2. The lowest BCUT2D eigenvalue weighted by Crippen LogP contribution is -2.50. The fraction of sp³-hybridized carbons (Fsp3) is 0.444. The average molecular weight is 643 g/mol. The van der Waals surface area contributed by atoms with Crippen molar-refractivity contribution in [1.29, 1.82) is 0 Å². The molecule has 1 saturated heterocycles. The molecule has 6 rings (SSSR count).